The van der Waals surface area contributed by atoms with E-state index in [0.717, 1.165) is 19.3 Å². The summed E-state index contributed by atoms with van der Waals surface area (Å²) in [5.41, 5.74) is 5.49. The third-order valence-electron chi connectivity index (χ3n) is 3.31. The first-order valence-corrected chi connectivity index (χ1v) is 9.11. The number of nitrogens with two attached hydrogens (primary N) is 1. The molecule has 1 aromatic heterocycles. The van der Waals surface area contributed by atoms with Gasteiger partial charge >= 0.3 is 0 Å². The van der Waals surface area contributed by atoms with Crippen LogP contribution in [0, 0.1) is 0 Å². The van der Waals surface area contributed by atoms with Crippen LogP contribution < -0.4 is 5.73 Å². The van der Waals surface area contributed by atoms with Gasteiger partial charge in [-0.1, -0.05) is 20.3 Å². The second-order valence-electron chi connectivity index (χ2n) is 4.78. The second-order valence-corrected chi connectivity index (χ2v) is 7.36. The number of furan rings is 1. The number of halogens is 1. The largest absolute Gasteiger partial charge is 0.452 e. The zero-order valence-corrected chi connectivity index (χ0v) is 14.6. The summed E-state index contributed by atoms with van der Waals surface area (Å²) in [6.45, 7) is 6.64. The van der Waals surface area contributed by atoms with Crippen LogP contribution in [-0.2, 0) is 16.6 Å². The summed E-state index contributed by atoms with van der Waals surface area (Å²) in [6.07, 6.45) is 2.55. The Morgan fingerprint density at radius 1 is 1.45 bits per heavy atom. The molecular weight excluding hydrogens is 344 g/mol. The summed E-state index contributed by atoms with van der Waals surface area (Å²) in [6, 6.07) is 1.45. The van der Waals surface area contributed by atoms with Crippen molar-refractivity contribution in [2.75, 3.05) is 6.54 Å². The van der Waals surface area contributed by atoms with Gasteiger partial charge in [-0.3, -0.25) is 0 Å². The van der Waals surface area contributed by atoms with Gasteiger partial charge < -0.3 is 10.2 Å². The van der Waals surface area contributed by atoms with Gasteiger partial charge in [0.2, 0.25) is 10.0 Å². The van der Waals surface area contributed by atoms with Crippen molar-refractivity contribution in [3.05, 3.63) is 16.5 Å². The third kappa shape index (κ3) is 3.84. The molecule has 7 heteroatoms. The van der Waals surface area contributed by atoms with E-state index in [0.29, 0.717) is 12.3 Å². The van der Waals surface area contributed by atoms with Gasteiger partial charge in [0.05, 0.1) is 6.54 Å². The molecule has 1 rings (SSSR count). The molecule has 1 unspecified atom stereocenters. The van der Waals surface area contributed by atoms with Crippen molar-refractivity contribution in [2.45, 2.75) is 57.5 Å². The van der Waals surface area contributed by atoms with Gasteiger partial charge in [0.15, 0.2) is 4.67 Å². The predicted molar refractivity (Wildman–Crippen MR) is 82.9 cm³/mol. The first-order valence-electron chi connectivity index (χ1n) is 6.88. The second kappa shape index (κ2) is 7.59. The van der Waals surface area contributed by atoms with Crippen molar-refractivity contribution in [3.63, 3.8) is 0 Å². The summed E-state index contributed by atoms with van der Waals surface area (Å²) >= 11 is 3.17. The summed E-state index contributed by atoms with van der Waals surface area (Å²) in [5.74, 6) is 0.454. The molecule has 0 aromatic carbocycles. The SMILES string of the molecule is CCCCN(C(C)CC)S(=O)(=O)c1cc(CN)oc1Br. The van der Waals surface area contributed by atoms with Crippen LogP contribution in [0.2, 0.25) is 0 Å². The van der Waals surface area contributed by atoms with E-state index in [-0.39, 0.29) is 22.2 Å². The van der Waals surface area contributed by atoms with Crippen molar-refractivity contribution in [3.8, 4) is 0 Å². The van der Waals surface area contributed by atoms with Crippen LogP contribution in [0.1, 0.15) is 45.8 Å². The van der Waals surface area contributed by atoms with E-state index in [9.17, 15) is 8.42 Å². The van der Waals surface area contributed by atoms with E-state index in [4.69, 9.17) is 10.2 Å². The summed E-state index contributed by atoms with van der Waals surface area (Å²) in [7, 11) is -3.57. The Morgan fingerprint density at radius 2 is 2.10 bits per heavy atom. The van der Waals surface area contributed by atoms with E-state index < -0.39 is 10.0 Å². The molecule has 116 valence electrons. The van der Waals surface area contributed by atoms with Gasteiger partial charge in [-0.25, -0.2) is 8.42 Å². The zero-order chi connectivity index (χ0) is 15.3. The number of unbranched alkanes of at least 4 members (excludes halogenated alkanes) is 1. The van der Waals surface area contributed by atoms with E-state index in [1.165, 1.54) is 6.07 Å². The Bertz CT molecular complexity index is 528. The number of sulfonamides is 1. The molecule has 0 spiro atoms. The van der Waals surface area contributed by atoms with Gasteiger partial charge in [-0.15, -0.1) is 0 Å². The smallest absolute Gasteiger partial charge is 0.247 e. The lowest BCUT2D eigenvalue weighted by molar-refractivity contribution is 0.323. The molecule has 0 aliphatic rings. The number of hydrogen-bond acceptors (Lipinski definition) is 4. The van der Waals surface area contributed by atoms with Crippen molar-refractivity contribution in [2.24, 2.45) is 5.73 Å². The van der Waals surface area contributed by atoms with Crippen LogP contribution in [0.5, 0.6) is 0 Å². The predicted octanol–water partition coefficient (Wildman–Crippen LogP) is 3.09. The molecule has 20 heavy (non-hydrogen) atoms. The quantitative estimate of drug-likeness (QED) is 0.766. The maximum atomic E-state index is 12.8. The minimum atomic E-state index is -3.57. The monoisotopic (exact) mass is 366 g/mol. The Kier molecular flexibility index (Phi) is 6.71. The van der Waals surface area contributed by atoms with Gasteiger partial charge in [0, 0.05) is 18.7 Å². The highest BCUT2D eigenvalue weighted by molar-refractivity contribution is 9.10. The molecule has 0 fully saturated rings. The lowest BCUT2D eigenvalue weighted by Crippen LogP contribution is -2.39. The third-order valence-corrected chi connectivity index (χ3v) is 6.18. The van der Waals surface area contributed by atoms with Crippen LogP contribution in [0.3, 0.4) is 0 Å². The maximum absolute atomic E-state index is 12.8. The average Bonchev–Trinajstić information content (AvgIpc) is 2.80. The van der Waals surface area contributed by atoms with Gasteiger partial charge in [-0.2, -0.15) is 4.31 Å². The summed E-state index contributed by atoms with van der Waals surface area (Å²) < 4.78 is 32.6. The lowest BCUT2D eigenvalue weighted by atomic mass is 10.2. The Morgan fingerprint density at radius 3 is 2.55 bits per heavy atom. The fourth-order valence-corrected chi connectivity index (χ4v) is 4.60. The van der Waals surface area contributed by atoms with Crippen molar-refractivity contribution >= 4 is 26.0 Å². The topological polar surface area (TPSA) is 76.5 Å². The highest BCUT2D eigenvalue weighted by atomic mass is 79.9. The normalized spacial score (nSPS) is 13.9. The first kappa shape index (κ1) is 17.7. The van der Waals surface area contributed by atoms with Crippen molar-refractivity contribution in [1.29, 1.82) is 0 Å². The fraction of sp³-hybridized carbons (Fsp3) is 0.692. The lowest BCUT2D eigenvalue weighted by Gasteiger charge is -2.27. The number of hydrogen-bond donors (Lipinski definition) is 1. The van der Waals surface area contributed by atoms with E-state index in [1.807, 2.05) is 20.8 Å². The molecule has 0 saturated heterocycles. The van der Waals surface area contributed by atoms with Gasteiger partial charge in [0.25, 0.3) is 0 Å². The molecule has 0 bridgehead atoms. The Balaban J connectivity index is 3.17. The van der Waals surface area contributed by atoms with Crippen LogP contribution in [0.15, 0.2) is 20.0 Å². The van der Waals surface area contributed by atoms with Crippen LogP contribution in [0.25, 0.3) is 0 Å². The standard InChI is InChI=1S/C13H23BrN2O3S/c1-4-6-7-16(10(3)5-2)20(17,18)12-8-11(9-15)19-13(12)14/h8,10H,4-7,9,15H2,1-3H3. The van der Waals surface area contributed by atoms with E-state index in [1.54, 1.807) is 4.31 Å². The molecule has 1 atom stereocenters. The highest BCUT2D eigenvalue weighted by Crippen LogP contribution is 2.30. The van der Waals surface area contributed by atoms with E-state index >= 15 is 0 Å². The summed E-state index contributed by atoms with van der Waals surface area (Å²) in [5, 5.41) is 0. The molecule has 0 saturated carbocycles. The molecule has 1 aromatic rings. The van der Waals surface area contributed by atoms with Gasteiger partial charge in [-0.05, 0) is 35.7 Å². The Hall–Kier alpha value is -0.370. The molecule has 1 heterocycles. The average molecular weight is 367 g/mol. The van der Waals surface area contributed by atoms with Crippen LogP contribution >= 0.6 is 15.9 Å². The number of rotatable bonds is 8. The van der Waals surface area contributed by atoms with E-state index in [2.05, 4.69) is 15.9 Å². The minimum absolute atomic E-state index is 0.0466. The highest BCUT2D eigenvalue weighted by Gasteiger charge is 2.31. The van der Waals surface area contributed by atoms with Crippen LogP contribution in [0.4, 0.5) is 0 Å². The molecule has 0 amide bonds. The molecule has 2 N–H and O–H groups in total. The fourth-order valence-electron chi connectivity index (χ4n) is 1.90. The zero-order valence-electron chi connectivity index (χ0n) is 12.2. The van der Waals surface area contributed by atoms with Crippen molar-refractivity contribution in [1.82, 2.24) is 4.31 Å². The summed E-state index contributed by atoms with van der Waals surface area (Å²) in [4.78, 5) is 0.161. The maximum Gasteiger partial charge on any atom is 0.247 e. The first-order chi connectivity index (χ1) is 9.38. The molecule has 0 radical (unpaired) electrons. The van der Waals surface area contributed by atoms with Crippen molar-refractivity contribution < 1.29 is 12.8 Å². The Labute approximate surface area is 129 Å². The molecule has 0 aliphatic heterocycles. The number of nitrogens with zero attached hydrogens (tertiary/aromatic N) is 1. The molecule has 0 aliphatic carbocycles. The molecular formula is C13H23BrN2O3S. The van der Waals surface area contributed by atoms with Crippen LogP contribution in [-0.4, -0.2) is 25.3 Å². The van der Waals surface area contributed by atoms with Gasteiger partial charge in [0.1, 0.15) is 10.7 Å². The minimum Gasteiger partial charge on any atom is -0.452 e. The molecule has 5 nitrogen and oxygen atoms in total.